The minimum Gasteiger partial charge on any atom is -0.494 e. The lowest BCUT2D eigenvalue weighted by Gasteiger charge is -2.34. The number of aromatic nitrogens is 1. The molecule has 1 N–H and O–H groups in total. The fourth-order valence-corrected chi connectivity index (χ4v) is 4.96. The molecule has 0 radical (unpaired) electrons. The third kappa shape index (κ3) is 5.05. The van der Waals surface area contributed by atoms with Crippen LogP contribution in [0.25, 0.3) is 10.2 Å². The molecule has 1 saturated heterocycles. The van der Waals surface area contributed by atoms with Crippen molar-refractivity contribution in [3.8, 4) is 5.75 Å². The Bertz CT molecular complexity index is 1060. The minimum atomic E-state index is -0.00693. The number of para-hydroxylation sites is 1. The zero-order valence-electron chi connectivity index (χ0n) is 19.4. The second kappa shape index (κ2) is 9.46. The number of nitrogens with one attached hydrogen (secondary N) is 1. The van der Waals surface area contributed by atoms with Gasteiger partial charge in [0.2, 0.25) is 0 Å². The van der Waals surface area contributed by atoms with Crippen LogP contribution in [0.15, 0.2) is 42.5 Å². The highest BCUT2D eigenvalue weighted by Gasteiger charge is 2.21. The first-order valence-electron chi connectivity index (χ1n) is 11.1. The van der Waals surface area contributed by atoms with Gasteiger partial charge in [0.15, 0.2) is 5.13 Å². The number of carbonyl (C=O) groups is 1. The van der Waals surface area contributed by atoms with E-state index in [9.17, 15) is 4.79 Å². The predicted octanol–water partition coefficient (Wildman–Crippen LogP) is 4.15. The van der Waals surface area contributed by atoms with Crippen molar-refractivity contribution in [2.75, 3.05) is 51.3 Å². The molecule has 1 aromatic heterocycles. The van der Waals surface area contributed by atoms with Gasteiger partial charge < -0.3 is 15.0 Å². The van der Waals surface area contributed by atoms with Gasteiger partial charge in [-0.2, -0.15) is 0 Å². The highest BCUT2D eigenvalue weighted by Crippen LogP contribution is 2.34. The van der Waals surface area contributed by atoms with Crippen LogP contribution in [0, 0.1) is 0 Å². The predicted molar refractivity (Wildman–Crippen MR) is 132 cm³/mol. The van der Waals surface area contributed by atoms with Gasteiger partial charge in [-0.05, 0) is 35.2 Å². The molecule has 0 saturated carbocycles. The average Bonchev–Trinajstić information content (AvgIpc) is 3.23. The number of benzene rings is 2. The van der Waals surface area contributed by atoms with Crippen molar-refractivity contribution in [3.63, 3.8) is 0 Å². The zero-order chi connectivity index (χ0) is 22.7. The highest BCUT2D eigenvalue weighted by molar-refractivity contribution is 7.22. The first-order valence-corrected chi connectivity index (χ1v) is 12.0. The van der Waals surface area contributed by atoms with Crippen LogP contribution in [-0.4, -0.2) is 62.2 Å². The number of rotatable bonds is 6. The van der Waals surface area contributed by atoms with Crippen molar-refractivity contribution < 1.29 is 9.53 Å². The maximum atomic E-state index is 12.5. The Morgan fingerprint density at radius 2 is 1.81 bits per heavy atom. The Kier molecular flexibility index (Phi) is 6.67. The van der Waals surface area contributed by atoms with Crippen molar-refractivity contribution in [1.29, 1.82) is 0 Å². The van der Waals surface area contributed by atoms with E-state index in [1.54, 1.807) is 18.4 Å². The number of hydrogen-bond acceptors (Lipinski definition) is 6. The van der Waals surface area contributed by atoms with Gasteiger partial charge in [0, 0.05) is 44.8 Å². The first-order chi connectivity index (χ1) is 15.3. The number of thiazole rings is 1. The number of fused-ring (bicyclic) bond motifs is 1. The van der Waals surface area contributed by atoms with E-state index < -0.39 is 0 Å². The Labute approximate surface area is 194 Å². The van der Waals surface area contributed by atoms with Crippen LogP contribution in [0.3, 0.4) is 0 Å². The van der Waals surface area contributed by atoms with E-state index in [2.05, 4.69) is 42.0 Å². The van der Waals surface area contributed by atoms with Gasteiger partial charge in [0.05, 0.1) is 11.8 Å². The highest BCUT2D eigenvalue weighted by atomic mass is 32.1. The molecule has 3 aromatic rings. The molecule has 7 heteroatoms. The molecule has 1 fully saturated rings. The fraction of sp³-hybridized carbons (Fsp3) is 0.440. The topological polar surface area (TPSA) is 57.7 Å². The van der Waals surface area contributed by atoms with Crippen molar-refractivity contribution >= 4 is 32.6 Å². The molecule has 0 unspecified atom stereocenters. The van der Waals surface area contributed by atoms with E-state index in [1.807, 2.05) is 36.4 Å². The summed E-state index contributed by atoms with van der Waals surface area (Å²) in [5.41, 5.74) is 2.98. The number of hydrogen-bond donors (Lipinski definition) is 1. The summed E-state index contributed by atoms with van der Waals surface area (Å²) in [6.07, 6.45) is 0. The van der Waals surface area contributed by atoms with Crippen LogP contribution >= 0.6 is 11.3 Å². The Morgan fingerprint density at radius 1 is 1.09 bits per heavy atom. The Hall–Kier alpha value is -2.64. The monoisotopic (exact) mass is 452 g/mol. The lowest BCUT2D eigenvalue weighted by molar-refractivity contribution is 0.0947. The van der Waals surface area contributed by atoms with Gasteiger partial charge in [-0.15, -0.1) is 0 Å². The number of anilines is 1. The first kappa shape index (κ1) is 22.6. The molecular weight excluding hydrogens is 420 g/mol. The van der Waals surface area contributed by atoms with Crippen molar-refractivity contribution in [2.24, 2.45) is 0 Å². The van der Waals surface area contributed by atoms with E-state index in [0.29, 0.717) is 12.1 Å². The van der Waals surface area contributed by atoms with Gasteiger partial charge in [-0.3, -0.25) is 9.69 Å². The van der Waals surface area contributed by atoms with Gasteiger partial charge >= 0.3 is 0 Å². The third-order valence-electron chi connectivity index (χ3n) is 5.96. The van der Waals surface area contributed by atoms with E-state index in [-0.39, 0.29) is 11.3 Å². The summed E-state index contributed by atoms with van der Waals surface area (Å²) in [5.74, 6) is 0.819. The van der Waals surface area contributed by atoms with Crippen LogP contribution < -0.4 is 15.0 Å². The van der Waals surface area contributed by atoms with Gasteiger partial charge in [-0.1, -0.05) is 50.3 Å². The molecule has 0 bridgehead atoms. The standard InChI is InChI=1S/C25H32N4O2S/c1-25(2,3)19-10-8-18(9-11-19)23(30)26-12-13-28-14-16-29(17-15-28)24-27-22-20(31-4)6-5-7-21(22)32-24/h5-11H,12-17H2,1-4H3,(H,26,30). The van der Waals surface area contributed by atoms with Gasteiger partial charge in [0.25, 0.3) is 5.91 Å². The molecule has 1 aliphatic heterocycles. The zero-order valence-corrected chi connectivity index (χ0v) is 20.2. The third-order valence-corrected chi connectivity index (χ3v) is 7.04. The normalized spacial score (nSPS) is 15.2. The number of methoxy groups -OCH3 is 1. The van der Waals surface area contributed by atoms with Crippen molar-refractivity contribution in [2.45, 2.75) is 26.2 Å². The summed E-state index contributed by atoms with van der Waals surface area (Å²) in [6, 6.07) is 14.0. The SMILES string of the molecule is COc1cccc2sc(N3CCN(CCNC(=O)c4ccc(C(C)(C)C)cc4)CC3)nc12. The lowest BCUT2D eigenvalue weighted by Crippen LogP contribution is -2.48. The van der Waals surface area contributed by atoms with Crippen LogP contribution in [-0.2, 0) is 5.41 Å². The van der Waals surface area contributed by atoms with E-state index >= 15 is 0 Å². The molecule has 32 heavy (non-hydrogen) atoms. The number of piperazine rings is 1. The Morgan fingerprint density at radius 3 is 2.47 bits per heavy atom. The summed E-state index contributed by atoms with van der Waals surface area (Å²) in [7, 11) is 1.69. The van der Waals surface area contributed by atoms with E-state index in [0.717, 1.165) is 53.8 Å². The van der Waals surface area contributed by atoms with Gasteiger partial charge in [0.1, 0.15) is 11.3 Å². The van der Waals surface area contributed by atoms with Crippen molar-refractivity contribution in [1.82, 2.24) is 15.2 Å². The number of carbonyl (C=O) groups excluding carboxylic acids is 1. The smallest absolute Gasteiger partial charge is 0.251 e. The molecule has 4 rings (SSSR count). The fourth-order valence-electron chi connectivity index (χ4n) is 3.93. The van der Waals surface area contributed by atoms with Crippen molar-refractivity contribution in [3.05, 3.63) is 53.6 Å². The maximum Gasteiger partial charge on any atom is 0.251 e. The van der Waals surface area contributed by atoms with Crippen LogP contribution in [0.1, 0.15) is 36.7 Å². The molecule has 170 valence electrons. The molecule has 6 nitrogen and oxygen atoms in total. The molecule has 0 atom stereocenters. The largest absolute Gasteiger partial charge is 0.494 e. The summed E-state index contributed by atoms with van der Waals surface area (Å²) >= 11 is 1.72. The second-order valence-corrected chi connectivity index (χ2v) is 10.2. The molecule has 0 spiro atoms. The lowest BCUT2D eigenvalue weighted by atomic mass is 9.87. The maximum absolute atomic E-state index is 12.5. The summed E-state index contributed by atoms with van der Waals surface area (Å²) in [6.45, 7) is 11.8. The molecular formula is C25H32N4O2S. The molecule has 1 aliphatic rings. The second-order valence-electron chi connectivity index (χ2n) is 9.22. The molecule has 0 aliphatic carbocycles. The van der Waals surface area contributed by atoms with Gasteiger partial charge in [-0.25, -0.2) is 4.98 Å². The van der Waals surface area contributed by atoms with E-state index in [1.165, 1.54) is 5.56 Å². The van der Waals surface area contributed by atoms with E-state index in [4.69, 9.17) is 9.72 Å². The quantitative estimate of drug-likeness (QED) is 0.609. The summed E-state index contributed by atoms with van der Waals surface area (Å²) in [4.78, 5) is 22.0. The Balaban J connectivity index is 1.24. The number of nitrogens with zero attached hydrogens (tertiary/aromatic N) is 3. The minimum absolute atomic E-state index is 0.00693. The summed E-state index contributed by atoms with van der Waals surface area (Å²) in [5, 5.41) is 4.11. The number of amides is 1. The van der Waals surface area contributed by atoms with Crippen LogP contribution in [0.4, 0.5) is 5.13 Å². The molecule has 2 aromatic carbocycles. The molecule has 2 heterocycles. The van der Waals surface area contributed by atoms with Crippen LogP contribution in [0.5, 0.6) is 5.75 Å². The number of ether oxygens (including phenoxy) is 1. The summed E-state index contributed by atoms with van der Waals surface area (Å²) < 4.78 is 6.60. The molecule has 1 amide bonds. The average molecular weight is 453 g/mol. The van der Waals surface area contributed by atoms with Crippen LogP contribution in [0.2, 0.25) is 0 Å².